The van der Waals surface area contributed by atoms with Gasteiger partial charge in [0, 0.05) is 30.8 Å². The number of methoxy groups -OCH3 is 1. The third-order valence-electron chi connectivity index (χ3n) is 5.11. The van der Waals surface area contributed by atoms with Gasteiger partial charge < -0.3 is 9.26 Å². The fraction of sp³-hybridized carbons (Fsp3) is 0.304. The average molecular weight is 489 g/mol. The van der Waals surface area contributed by atoms with Crippen LogP contribution in [0.2, 0.25) is 5.02 Å². The smallest absolute Gasteiger partial charge is 0.262 e. The summed E-state index contributed by atoms with van der Waals surface area (Å²) in [4.78, 5) is 22.3. The van der Waals surface area contributed by atoms with E-state index in [9.17, 15) is 9.18 Å². The maximum absolute atomic E-state index is 13.9. The first-order valence-corrected chi connectivity index (χ1v) is 11.6. The molecule has 172 valence electrons. The highest BCUT2D eigenvalue weighted by Gasteiger charge is 2.21. The Kier molecular flexibility index (Phi) is 7.11. The number of hydrogen-bond acceptors (Lipinski definition) is 7. The number of ether oxygens (including phenoxy) is 1. The molecule has 0 aliphatic heterocycles. The van der Waals surface area contributed by atoms with Crippen LogP contribution in [0.4, 0.5) is 4.39 Å². The highest BCUT2D eigenvalue weighted by molar-refractivity contribution is 7.99. The van der Waals surface area contributed by atoms with E-state index >= 15 is 0 Å². The van der Waals surface area contributed by atoms with Crippen LogP contribution in [0, 0.1) is 12.7 Å². The summed E-state index contributed by atoms with van der Waals surface area (Å²) in [5.41, 5.74) is 1.44. The van der Waals surface area contributed by atoms with Crippen molar-refractivity contribution in [2.45, 2.75) is 37.2 Å². The number of hydrogen-bond donors (Lipinski definition) is 0. The molecule has 2 heterocycles. The molecule has 1 atom stereocenters. The molecule has 0 amide bonds. The first kappa shape index (κ1) is 23.4. The lowest BCUT2D eigenvalue weighted by Gasteiger charge is -2.14. The zero-order valence-corrected chi connectivity index (χ0v) is 19.9. The topological polar surface area (TPSA) is 83.0 Å². The van der Waals surface area contributed by atoms with Gasteiger partial charge in [-0.3, -0.25) is 9.36 Å². The Morgan fingerprint density at radius 2 is 2.06 bits per heavy atom. The molecule has 33 heavy (non-hydrogen) atoms. The second kappa shape index (κ2) is 10.0. The van der Waals surface area contributed by atoms with Crippen LogP contribution < -0.4 is 5.56 Å². The number of thioether (sulfide) groups is 1. The maximum atomic E-state index is 13.9. The predicted octanol–water partition coefficient (Wildman–Crippen LogP) is 5.44. The largest absolute Gasteiger partial charge is 0.385 e. The van der Waals surface area contributed by atoms with E-state index in [0.717, 1.165) is 0 Å². The van der Waals surface area contributed by atoms with Crippen LogP contribution in [0.3, 0.4) is 0 Å². The second-order valence-corrected chi connectivity index (χ2v) is 9.28. The van der Waals surface area contributed by atoms with Gasteiger partial charge in [-0.15, -0.1) is 0 Å². The summed E-state index contributed by atoms with van der Waals surface area (Å²) in [7, 11) is 1.62. The summed E-state index contributed by atoms with van der Waals surface area (Å²) >= 11 is 7.44. The van der Waals surface area contributed by atoms with Crippen molar-refractivity contribution in [1.29, 1.82) is 0 Å². The number of benzene rings is 2. The summed E-state index contributed by atoms with van der Waals surface area (Å²) in [6, 6.07) is 9.82. The first-order valence-electron chi connectivity index (χ1n) is 10.3. The van der Waals surface area contributed by atoms with Crippen LogP contribution >= 0.6 is 23.4 Å². The van der Waals surface area contributed by atoms with Crippen LogP contribution in [-0.2, 0) is 11.3 Å². The van der Waals surface area contributed by atoms with E-state index in [0.29, 0.717) is 63.5 Å². The Bertz CT molecular complexity index is 1360. The van der Waals surface area contributed by atoms with Crippen molar-refractivity contribution in [2.75, 3.05) is 13.7 Å². The van der Waals surface area contributed by atoms with Gasteiger partial charge in [-0.05, 0) is 50.1 Å². The minimum Gasteiger partial charge on any atom is -0.385 e. The summed E-state index contributed by atoms with van der Waals surface area (Å²) in [6.07, 6.45) is 0.656. The highest BCUT2D eigenvalue weighted by atomic mass is 35.5. The molecule has 10 heteroatoms. The Morgan fingerprint density at radius 1 is 1.24 bits per heavy atom. The molecule has 2 aromatic heterocycles. The maximum Gasteiger partial charge on any atom is 0.262 e. The molecule has 0 aliphatic rings. The summed E-state index contributed by atoms with van der Waals surface area (Å²) in [5.74, 6) is 0.312. The first-order chi connectivity index (χ1) is 15.9. The number of aromatic nitrogens is 4. The van der Waals surface area contributed by atoms with Gasteiger partial charge in [0.2, 0.25) is 11.7 Å². The lowest BCUT2D eigenvalue weighted by atomic mass is 10.1. The molecule has 2 aromatic carbocycles. The van der Waals surface area contributed by atoms with Gasteiger partial charge in [-0.25, -0.2) is 9.37 Å². The number of halogens is 2. The zero-order valence-electron chi connectivity index (χ0n) is 18.3. The predicted molar refractivity (Wildman–Crippen MR) is 126 cm³/mol. The van der Waals surface area contributed by atoms with E-state index in [1.807, 2.05) is 6.92 Å². The number of fused-ring (bicyclic) bond motifs is 1. The Labute approximate surface area is 198 Å². The lowest BCUT2D eigenvalue weighted by molar-refractivity contribution is 0.189. The molecular weight excluding hydrogens is 467 g/mol. The van der Waals surface area contributed by atoms with Gasteiger partial charge >= 0.3 is 0 Å². The van der Waals surface area contributed by atoms with Gasteiger partial charge in [0.25, 0.3) is 5.56 Å². The molecule has 0 radical (unpaired) electrons. The fourth-order valence-electron chi connectivity index (χ4n) is 3.29. The molecule has 0 spiro atoms. The Morgan fingerprint density at radius 3 is 2.82 bits per heavy atom. The van der Waals surface area contributed by atoms with Crippen molar-refractivity contribution in [3.05, 3.63) is 69.0 Å². The van der Waals surface area contributed by atoms with Crippen molar-refractivity contribution in [2.24, 2.45) is 0 Å². The lowest BCUT2D eigenvalue weighted by Crippen LogP contribution is -2.24. The van der Waals surface area contributed by atoms with Crippen LogP contribution in [-0.4, -0.2) is 33.4 Å². The summed E-state index contributed by atoms with van der Waals surface area (Å²) in [6.45, 7) is 4.54. The minimum absolute atomic E-state index is 0.149. The van der Waals surface area contributed by atoms with E-state index < -0.39 is 0 Å². The van der Waals surface area contributed by atoms with Crippen molar-refractivity contribution < 1.29 is 13.7 Å². The van der Waals surface area contributed by atoms with E-state index in [2.05, 4.69) is 15.1 Å². The van der Waals surface area contributed by atoms with E-state index in [-0.39, 0.29) is 16.6 Å². The van der Waals surface area contributed by atoms with Gasteiger partial charge in [0.15, 0.2) is 5.16 Å². The quantitative estimate of drug-likeness (QED) is 0.185. The molecule has 0 aliphatic carbocycles. The van der Waals surface area contributed by atoms with Crippen molar-refractivity contribution in [3.8, 4) is 11.4 Å². The fourth-order valence-corrected chi connectivity index (χ4v) is 4.42. The van der Waals surface area contributed by atoms with Crippen molar-refractivity contribution in [1.82, 2.24) is 19.7 Å². The molecule has 7 nitrogen and oxygen atoms in total. The van der Waals surface area contributed by atoms with E-state index in [1.165, 1.54) is 17.8 Å². The van der Waals surface area contributed by atoms with Crippen LogP contribution in [0.5, 0.6) is 0 Å². The SMILES string of the molecule is COCCCn1c(SC(C)c2nc(-c3ccc(C)c(F)c3)no2)nc2cc(Cl)ccc2c1=O. The standard InChI is InChI=1S/C23H22ClFN4O3S/c1-13-5-6-15(11-18(13)25)20-27-21(32-28-20)14(2)33-23-26-19-12-16(24)7-8-17(19)22(30)29(23)9-4-10-31-3/h5-8,11-12,14H,4,9-10H2,1-3H3. The van der Waals surface area contributed by atoms with Gasteiger partial charge in [-0.1, -0.05) is 40.7 Å². The molecule has 0 bridgehead atoms. The zero-order chi connectivity index (χ0) is 23.5. The number of nitrogens with zero attached hydrogens (tertiary/aromatic N) is 4. The van der Waals surface area contributed by atoms with Crippen molar-refractivity contribution >= 4 is 34.3 Å². The summed E-state index contributed by atoms with van der Waals surface area (Å²) in [5, 5.41) is 5.20. The van der Waals surface area contributed by atoms with Gasteiger partial charge in [-0.2, -0.15) is 4.98 Å². The number of aryl methyl sites for hydroxylation is 1. The van der Waals surface area contributed by atoms with Crippen LogP contribution in [0.25, 0.3) is 22.3 Å². The molecule has 4 rings (SSSR count). The third kappa shape index (κ3) is 5.10. The van der Waals surface area contributed by atoms with E-state index in [4.69, 9.17) is 20.9 Å². The molecular formula is C23H22ClFN4O3S. The average Bonchev–Trinajstić information content (AvgIpc) is 3.28. The monoisotopic (exact) mass is 488 g/mol. The Hall–Kier alpha value is -2.75. The van der Waals surface area contributed by atoms with Crippen LogP contribution in [0.15, 0.2) is 50.9 Å². The molecule has 0 fully saturated rings. The Balaban J connectivity index is 1.66. The molecule has 0 saturated heterocycles. The molecule has 0 saturated carbocycles. The highest BCUT2D eigenvalue weighted by Crippen LogP contribution is 2.34. The van der Waals surface area contributed by atoms with Crippen molar-refractivity contribution in [3.63, 3.8) is 0 Å². The van der Waals surface area contributed by atoms with Gasteiger partial charge in [0.05, 0.1) is 16.2 Å². The van der Waals surface area contributed by atoms with E-state index in [1.54, 1.807) is 48.9 Å². The van der Waals surface area contributed by atoms with Gasteiger partial charge in [0.1, 0.15) is 5.82 Å². The number of rotatable bonds is 8. The third-order valence-corrected chi connectivity index (χ3v) is 6.43. The van der Waals surface area contributed by atoms with Crippen LogP contribution in [0.1, 0.15) is 30.0 Å². The normalized spacial score (nSPS) is 12.4. The molecule has 4 aromatic rings. The summed E-state index contributed by atoms with van der Waals surface area (Å²) < 4.78 is 26.1. The second-order valence-electron chi connectivity index (χ2n) is 7.54. The minimum atomic E-state index is -0.333. The molecule has 0 N–H and O–H groups in total. The molecule has 1 unspecified atom stereocenters.